The zero-order valence-corrected chi connectivity index (χ0v) is 11.3. The van der Waals surface area contributed by atoms with E-state index in [1.54, 1.807) is 11.3 Å². The number of rotatable bonds is 5. The summed E-state index contributed by atoms with van der Waals surface area (Å²) >= 11 is 1.69. The number of aromatic nitrogens is 1. The van der Waals surface area contributed by atoms with Gasteiger partial charge in [-0.05, 0) is 20.0 Å². The van der Waals surface area contributed by atoms with E-state index in [0.29, 0.717) is 12.3 Å². The molecular formula is C12H19N3S. The zero-order valence-electron chi connectivity index (χ0n) is 10.4. The van der Waals surface area contributed by atoms with Crippen molar-refractivity contribution in [3.05, 3.63) is 15.6 Å². The van der Waals surface area contributed by atoms with Crippen molar-refractivity contribution < 1.29 is 0 Å². The van der Waals surface area contributed by atoms with Crippen LogP contribution in [0.5, 0.6) is 0 Å². The molecule has 0 bridgehead atoms. The van der Waals surface area contributed by atoms with Gasteiger partial charge in [0.05, 0.1) is 23.2 Å². The minimum Gasteiger partial charge on any atom is -0.309 e. The van der Waals surface area contributed by atoms with Crippen LogP contribution in [0, 0.1) is 11.3 Å². The molecule has 0 aromatic carbocycles. The number of nitrogens with zero attached hydrogens (tertiary/aromatic N) is 3. The molecule has 1 aromatic rings. The minimum atomic E-state index is 0.410. The third-order valence-corrected chi connectivity index (χ3v) is 3.46. The van der Waals surface area contributed by atoms with Gasteiger partial charge in [0.1, 0.15) is 0 Å². The van der Waals surface area contributed by atoms with Crippen LogP contribution in [0.25, 0.3) is 0 Å². The van der Waals surface area contributed by atoms with Gasteiger partial charge < -0.3 is 4.90 Å². The van der Waals surface area contributed by atoms with Crippen LogP contribution in [0.1, 0.15) is 35.3 Å². The SMILES string of the molecule is CC(C)c1nc(CCN(C)C)sc1CC#N. The molecule has 16 heavy (non-hydrogen) atoms. The van der Waals surface area contributed by atoms with Crippen molar-refractivity contribution in [2.45, 2.75) is 32.6 Å². The van der Waals surface area contributed by atoms with E-state index in [-0.39, 0.29) is 0 Å². The van der Waals surface area contributed by atoms with Crippen molar-refractivity contribution in [2.24, 2.45) is 0 Å². The highest BCUT2D eigenvalue weighted by molar-refractivity contribution is 7.11. The molecule has 88 valence electrons. The smallest absolute Gasteiger partial charge is 0.0944 e. The summed E-state index contributed by atoms with van der Waals surface area (Å²) in [5, 5.41) is 9.93. The van der Waals surface area contributed by atoms with E-state index in [9.17, 15) is 0 Å². The Balaban J connectivity index is 2.80. The van der Waals surface area contributed by atoms with Gasteiger partial charge >= 0.3 is 0 Å². The molecule has 4 heteroatoms. The maximum Gasteiger partial charge on any atom is 0.0944 e. The lowest BCUT2D eigenvalue weighted by Gasteiger charge is -2.06. The van der Waals surface area contributed by atoms with Crippen LogP contribution in [0.15, 0.2) is 0 Å². The van der Waals surface area contributed by atoms with Gasteiger partial charge in [0.15, 0.2) is 0 Å². The molecule has 0 aliphatic heterocycles. The number of nitriles is 1. The molecule has 3 nitrogen and oxygen atoms in total. The lowest BCUT2D eigenvalue weighted by atomic mass is 10.1. The Kier molecular flexibility index (Phi) is 4.91. The van der Waals surface area contributed by atoms with Gasteiger partial charge in [-0.3, -0.25) is 0 Å². The summed E-state index contributed by atoms with van der Waals surface area (Å²) in [5.41, 5.74) is 1.11. The average Bonchev–Trinajstić information content (AvgIpc) is 2.59. The van der Waals surface area contributed by atoms with Crippen molar-refractivity contribution >= 4 is 11.3 Å². The summed E-state index contributed by atoms with van der Waals surface area (Å²) in [7, 11) is 4.13. The number of thiazole rings is 1. The van der Waals surface area contributed by atoms with Crippen molar-refractivity contribution in [3.8, 4) is 6.07 Å². The standard InChI is InChI=1S/C12H19N3S/c1-9(2)12-10(5-7-13)16-11(14-12)6-8-15(3)4/h9H,5-6,8H2,1-4H3. The van der Waals surface area contributed by atoms with Crippen LogP contribution >= 0.6 is 11.3 Å². The summed E-state index contributed by atoms with van der Waals surface area (Å²) < 4.78 is 0. The van der Waals surface area contributed by atoms with Gasteiger partial charge in [0, 0.05) is 17.8 Å². The van der Waals surface area contributed by atoms with Gasteiger partial charge in [0.25, 0.3) is 0 Å². The molecule has 1 heterocycles. The Morgan fingerprint density at radius 2 is 2.12 bits per heavy atom. The monoisotopic (exact) mass is 237 g/mol. The van der Waals surface area contributed by atoms with Crippen molar-refractivity contribution in [1.82, 2.24) is 9.88 Å². The Labute approximate surface area is 102 Å². The Hall–Kier alpha value is -0.920. The first-order valence-electron chi connectivity index (χ1n) is 5.54. The predicted molar refractivity (Wildman–Crippen MR) is 67.8 cm³/mol. The lowest BCUT2D eigenvalue weighted by Crippen LogP contribution is -2.14. The van der Waals surface area contributed by atoms with Crippen molar-refractivity contribution in [2.75, 3.05) is 20.6 Å². The second-order valence-electron chi connectivity index (χ2n) is 4.46. The Morgan fingerprint density at radius 1 is 1.44 bits per heavy atom. The quantitative estimate of drug-likeness (QED) is 0.789. The topological polar surface area (TPSA) is 39.9 Å². The minimum absolute atomic E-state index is 0.410. The van der Waals surface area contributed by atoms with E-state index in [2.05, 4.69) is 43.9 Å². The third-order valence-electron chi connectivity index (χ3n) is 2.33. The molecule has 0 saturated carbocycles. The summed E-state index contributed by atoms with van der Waals surface area (Å²) in [5.74, 6) is 0.410. The number of likely N-dealkylation sites (N-methyl/N-ethyl adjacent to an activating group) is 1. The molecule has 0 unspecified atom stereocenters. The predicted octanol–water partition coefficient (Wildman–Crippen LogP) is 2.44. The average molecular weight is 237 g/mol. The maximum absolute atomic E-state index is 8.77. The van der Waals surface area contributed by atoms with Crippen LogP contribution < -0.4 is 0 Å². The van der Waals surface area contributed by atoms with Gasteiger partial charge in [0.2, 0.25) is 0 Å². The van der Waals surface area contributed by atoms with E-state index in [4.69, 9.17) is 5.26 Å². The Morgan fingerprint density at radius 3 is 2.62 bits per heavy atom. The highest BCUT2D eigenvalue weighted by atomic mass is 32.1. The first kappa shape index (κ1) is 13.1. The van der Waals surface area contributed by atoms with Crippen LogP contribution in [0.3, 0.4) is 0 Å². The third kappa shape index (κ3) is 3.58. The van der Waals surface area contributed by atoms with E-state index in [1.807, 2.05) is 0 Å². The summed E-state index contributed by atoms with van der Waals surface area (Å²) in [6.07, 6.45) is 1.47. The van der Waals surface area contributed by atoms with Gasteiger partial charge in [-0.25, -0.2) is 4.98 Å². The fourth-order valence-corrected chi connectivity index (χ4v) is 2.63. The highest BCUT2D eigenvalue weighted by Gasteiger charge is 2.13. The molecule has 0 radical (unpaired) electrons. The molecule has 0 saturated heterocycles. The van der Waals surface area contributed by atoms with Crippen molar-refractivity contribution in [3.63, 3.8) is 0 Å². The summed E-state index contributed by atoms with van der Waals surface area (Å²) in [4.78, 5) is 7.94. The number of hydrogen-bond donors (Lipinski definition) is 0. The molecule has 0 spiro atoms. The lowest BCUT2D eigenvalue weighted by molar-refractivity contribution is 0.413. The van der Waals surface area contributed by atoms with E-state index >= 15 is 0 Å². The second-order valence-corrected chi connectivity index (χ2v) is 5.63. The molecule has 0 atom stereocenters. The van der Waals surface area contributed by atoms with Gasteiger partial charge in [-0.15, -0.1) is 11.3 Å². The molecule has 1 rings (SSSR count). The highest BCUT2D eigenvalue weighted by Crippen LogP contribution is 2.25. The molecule has 0 N–H and O–H groups in total. The molecular weight excluding hydrogens is 218 g/mol. The first-order chi connectivity index (χ1) is 7.54. The summed E-state index contributed by atoms with van der Waals surface area (Å²) in [6, 6.07) is 2.22. The first-order valence-corrected chi connectivity index (χ1v) is 6.36. The number of hydrogen-bond acceptors (Lipinski definition) is 4. The van der Waals surface area contributed by atoms with E-state index < -0.39 is 0 Å². The maximum atomic E-state index is 8.77. The van der Waals surface area contributed by atoms with Gasteiger partial charge in [-0.2, -0.15) is 5.26 Å². The molecule has 0 amide bonds. The molecule has 1 aromatic heterocycles. The molecule has 0 aliphatic rings. The second kappa shape index (κ2) is 5.97. The normalized spacial score (nSPS) is 11.1. The van der Waals surface area contributed by atoms with E-state index in [0.717, 1.165) is 28.5 Å². The summed E-state index contributed by atoms with van der Waals surface area (Å²) in [6.45, 7) is 5.27. The van der Waals surface area contributed by atoms with Gasteiger partial charge in [-0.1, -0.05) is 13.8 Å². The van der Waals surface area contributed by atoms with Crippen molar-refractivity contribution in [1.29, 1.82) is 5.26 Å². The fourth-order valence-electron chi connectivity index (χ4n) is 1.49. The molecule has 0 aliphatic carbocycles. The fraction of sp³-hybridized carbons (Fsp3) is 0.667. The van der Waals surface area contributed by atoms with Crippen LogP contribution in [-0.2, 0) is 12.8 Å². The Bertz CT molecular complexity index is 374. The van der Waals surface area contributed by atoms with Crippen LogP contribution in [0.4, 0.5) is 0 Å². The largest absolute Gasteiger partial charge is 0.309 e. The van der Waals surface area contributed by atoms with Crippen LogP contribution in [-0.4, -0.2) is 30.5 Å². The zero-order chi connectivity index (χ0) is 12.1. The molecule has 0 fully saturated rings. The van der Waals surface area contributed by atoms with Crippen LogP contribution in [0.2, 0.25) is 0 Å². The van der Waals surface area contributed by atoms with E-state index in [1.165, 1.54) is 0 Å².